The Morgan fingerprint density at radius 1 is 0.750 bits per heavy atom. The van der Waals surface area contributed by atoms with Gasteiger partial charge >= 0.3 is 7.82 Å². The van der Waals surface area contributed by atoms with Crippen LogP contribution < -0.4 is 4.52 Å². The average Bonchev–Trinajstić information content (AvgIpc) is 2.17. The number of phenols is 5. The number of benzene rings is 1. The second-order valence-corrected chi connectivity index (χ2v) is 3.82. The van der Waals surface area contributed by atoms with Crippen molar-refractivity contribution in [2.75, 3.05) is 0 Å². The molecule has 0 amide bonds. The van der Waals surface area contributed by atoms with Gasteiger partial charge in [0.2, 0.25) is 34.5 Å². The summed E-state index contributed by atoms with van der Waals surface area (Å²) in [6.45, 7) is 0. The van der Waals surface area contributed by atoms with Crippen molar-refractivity contribution in [2.24, 2.45) is 0 Å². The summed E-state index contributed by atoms with van der Waals surface area (Å²) in [6, 6.07) is 0. The highest BCUT2D eigenvalue weighted by Crippen LogP contribution is 2.58. The second-order valence-electron chi connectivity index (χ2n) is 2.65. The van der Waals surface area contributed by atoms with E-state index in [-0.39, 0.29) is 0 Å². The Morgan fingerprint density at radius 3 is 1.38 bits per heavy atom. The van der Waals surface area contributed by atoms with E-state index in [9.17, 15) is 4.57 Å². The molecule has 0 aliphatic heterocycles. The summed E-state index contributed by atoms with van der Waals surface area (Å²) in [7, 11) is -5.12. The number of phosphoric ester groups is 1. The molecular weight excluding hydrogens is 247 g/mol. The van der Waals surface area contributed by atoms with Gasteiger partial charge in [0, 0.05) is 0 Å². The summed E-state index contributed by atoms with van der Waals surface area (Å²) in [4.78, 5) is 16.8. The SMILES string of the molecule is O=P(O)(O)Oc1c(O)c(O)c(O)c(O)c1O. The highest BCUT2D eigenvalue weighted by atomic mass is 31.2. The summed E-state index contributed by atoms with van der Waals surface area (Å²) in [5.41, 5.74) is 0. The van der Waals surface area contributed by atoms with Gasteiger partial charge < -0.3 is 30.1 Å². The number of rotatable bonds is 2. The van der Waals surface area contributed by atoms with Gasteiger partial charge in [-0.2, -0.15) is 0 Å². The quantitative estimate of drug-likeness (QED) is 0.212. The topological polar surface area (TPSA) is 168 Å². The van der Waals surface area contributed by atoms with Crippen molar-refractivity contribution in [3.63, 3.8) is 0 Å². The first-order valence-corrected chi connectivity index (χ1v) is 5.12. The van der Waals surface area contributed by atoms with Crippen LogP contribution >= 0.6 is 7.82 Å². The van der Waals surface area contributed by atoms with Crippen LogP contribution in [0.2, 0.25) is 0 Å². The molecule has 0 saturated carbocycles. The maximum Gasteiger partial charge on any atom is 0.525 e. The van der Waals surface area contributed by atoms with Crippen LogP contribution in [0.4, 0.5) is 0 Å². The summed E-state index contributed by atoms with van der Waals surface area (Å²) < 4.78 is 14.3. The molecule has 0 aliphatic carbocycles. The van der Waals surface area contributed by atoms with Gasteiger partial charge in [0.25, 0.3) is 0 Å². The van der Waals surface area contributed by atoms with Crippen molar-refractivity contribution in [2.45, 2.75) is 0 Å². The van der Waals surface area contributed by atoms with Crippen molar-refractivity contribution in [3.05, 3.63) is 0 Å². The zero-order chi connectivity index (χ0) is 12.7. The molecule has 16 heavy (non-hydrogen) atoms. The van der Waals surface area contributed by atoms with Crippen molar-refractivity contribution < 1.29 is 44.4 Å². The molecule has 1 aromatic rings. The molecule has 9 nitrogen and oxygen atoms in total. The highest BCUT2D eigenvalue weighted by molar-refractivity contribution is 7.46. The van der Waals surface area contributed by atoms with Gasteiger partial charge in [0.15, 0.2) is 0 Å². The van der Waals surface area contributed by atoms with Gasteiger partial charge in [0.1, 0.15) is 0 Å². The number of phenolic OH excluding ortho intramolecular Hbond substituents is 5. The van der Waals surface area contributed by atoms with E-state index in [2.05, 4.69) is 4.52 Å². The number of hydrogen-bond donors (Lipinski definition) is 7. The van der Waals surface area contributed by atoms with E-state index < -0.39 is 42.3 Å². The molecule has 0 radical (unpaired) electrons. The molecule has 10 heteroatoms. The molecule has 90 valence electrons. The minimum atomic E-state index is -5.12. The molecule has 1 aromatic carbocycles. The molecule has 0 heterocycles. The molecule has 1 rings (SSSR count). The number of phosphoric acid groups is 1. The first kappa shape index (κ1) is 12.2. The molecule has 0 aromatic heterocycles. The van der Waals surface area contributed by atoms with Crippen molar-refractivity contribution in [1.82, 2.24) is 0 Å². The van der Waals surface area contributed by atoms with Crippen molar-refractivity contribution in [1.29, 1.82) is 0 Å². The molecular formula is C6H7O9P. The van der Waals surface area contributed by atoms with Crippen LogP contribution in [0, 0.1) is 0 Å². The highest BCUT2D eigenvalue weighted by Gasteiger charge is 2.29. The fourth-order valence-corrected chi connectivity index (χ4v) is 1.28. The molecule has 0 fully saturated rings. The van der Waals surface area contributed by atoms with Gasteiger partial charge in [-0.15, -0.1) is 0 Å². The van der Waals surface area contributed by atoms with Gasteiger partial charge in [-0.3, -0.25) is 9.79 Å². The van der Waals surface area contributed by atoms with E-state index in [1.54, 1.807) is 0 Å². The van der Waals surface area contributed by atoms with Crippen molar-refractivity contribution >= 4 is 7.82 Å². The molecule has 0 bridgehead atoms. The fraction of sp³-hybridized carbons (Fsp3) is 0. The second kappa shape index (κ2) is 3.63. The molecule has 0 saturated heterocycles. The molecule has 0 spiro atoms. The maximum atomic E-state index is 10.4. The Morgan fingerprint density at radius 2 is 1.06 bits per heavy atom. The normalized spacial score (nSPS) is 11.4. The Kier molecular flexibility index (Phi) is 2.78. The van der Waals surface area contributed by atoms with Crippen LogP contribution in [0.1, 0.15) is 0 Å². The van der Waals surface area contributed by atoms with Crippen LogP contribution in [0.3, 0.4) is 0 Å². The third-order valence-electron chi connectivity index (χ3n) is 1.54. The Hall–Kier alpha value is -1.83. The largest absolute Gasteiger partial charge is 0.525 e. The minimum absolute atomic E-state index is 1.25. The standard InChI is InChI=1S/C6H7O9P/c7-1-2(8)4(10)6(5(11)3(1)9)15-16(12,13)14/h7-11H,(H2,12,13,14). The molecule has 0 atom stereocenters. The van der Waals surface area contributed by atoms with Crippen LogP contribution in [0.25, 0.3) is 0 Å². The zero-order valence-corrected chi connectivity index (χ0v) is 8.29. The molecule has 7 N–H and O–H groups in total. The third-order valence-corrected chi connectivity index (χ3v) is 1.96. The molecule has 0 aliphatic rings. The van der Waals surface area contributed by atoms with Gasteiger partial charge in [0.05, 0.1) is 0 Å². The van der Waals surface area contributed by atoms with E-state index in [0.29, 0.717) is 0 Å². The maximum absolute atomic E-state index is 10.4. The average molecular weight is 254 g/mol. The Balaban J connectivity index is 3.46. The zero-order valence-electron chi connectivity index (χ0n) is 7.39. The third kappa shape index (κ3) is 2.06. The minimum Gasteiger partial charge on any atom is -0.502 e. The summed E-state index contributed by atoms with van der Waals surface area (Å²) in [6.07, 6.45) is 0. The lowest BCUT2D eigenvalue weighted by molar-refractivity contribution is 0.262. The van der Waals surface area contributed by atoms with Crippen LogP contribution in [0.15, 0.2) is 0 Å². The predicted molar refractivity (Wildman–Crippen MR) is 47.4 cm³/mol. The lowest BCUT2D eigenvalue weighted by Gasteiger charge is -2.13. The first-order valence-electron chi connectivity index (χ1n) is 3.59. The monoisotopic (exact) mass is 254 g/mol. The van der Waals surface area contributed by atoms with Crippen LogP contribution in [-0.2, 0) is 4.57 Å². The van der Waals surface area contributed by atoms with Gasteiger partial charge in [-0.25, -0.2) is 4.57 Å². The fourth-order valence-electron chi connectivity index (χ4n) is 0.869. The Bertz CT molecular complexity index is 446. The molecule has 0 unspecified atom stereocenters. The van der Waals surface area contributed by atoms with Crippen LogP contribution in [-0.4, -0.2) is 35.3 Å². The number of hydrogen-bond acceptors (Lipinski definition) is 7. The van der Waals surface area contributed by atoms with E-state index >= 15 is 0 Å². The van der Waals surface area contributed by atoms with Crippen molar-refractivity contribution in [3.8, 4) is 34.5 Å². The van der Waals surface area contributed by atoms with Gasteiger partial charge in [-0.05, 0) is 0 Å². The predicted octanol–water partition coefficient (Wildman–Crippen LogP) is -0.314. The van der Waals surface area contributed by atoms with E-state index in [1.807, 2.05) is 0 Å². The van der Waals surface area contributed by atoms with E-state index in [4.69, 9.17) is 35.3 Å². The lowest BCUT2D eigenvalue weighted by Crippen LogP contribution is -1.92. The smallest absolute Gasteiger partial charge is 0.502 e. The number of aromatic hydroxyl groups is 5. The van der Waals surface area contributed by atoms with E-state index in [1.165, 1.54) is 0 Å². The first-order chi connectivity index (χ1) is 7.15. The van der Waals surface area contributed by atoms with Gasteiger partial charge in [-0.1, -0.05) is 0 Å². The summed E-state index contributed by atoms with van der Waals surface area (Å²) >= 11 is 0. The Labute approximate surface area is 87.7 Å². The summed E-state index contributed by atoms with van der Waals surface area (Å²) in [5, 5.41) is 45.1. The van der Waals surface area contributed by atoms with Crippen LogP contribution in [0.5, 0.6) is 34.5 Å². The van der Waals surface area contributed by atoms with E-state index in [0.717, 1.165) is 0 Å². The lowest BCUT2D eigenvalue weighted by atomic mass is 10.2. The summed E-state index contributed by atoms with van der Waals surface area (Å²) in [5.74, 6) is -7.74.